The highest BCUT2D eigenvalue weighted by molar-refractivity contribution is 5.36. The molecule has 0 atom stereocenters. The minimum absolute atomic E-state index is 0.819. The quantitative estimate of drug-likeness (QED) is 0.775. The summed E-state index contributed by atoms with van der Waals surface area (Å²) >= 11 is 0. The van der Waals surface area contributed by atoms with Crippen molar-refractivity contribution in [3.8, 4) is 5.75 Å². The Morgan fingerprint density at radius 2 is 2.05 bits per heavy atom. The highest BCUT2D eigenvalue weighted by Crippen LogP contribution is 2.22. The molecule has 1 aromatic carbocycles. The van der Waals surface area contributed by atoms with Gasteiger partial charge in [0.25, 0.3) is 0 Å². The molecule has 0 spiro atoms. The first-order chi connectivity index (χ1) is 9.70. The number of benzene rings is 1. The molecule has 0 aromatic heterocycles. The van der Waals surface area contributed by atoms with Crippen molar-refractivity contribution in [2.24, 2.45) is 0 Å². The molecule has 0 unspecified atom stereocenters. The van der Waals surface area contributed by atoms with Crippen LogP contribution in [0.4, 0.5) is 0 Å². The summed E-state index contributed by atoms with van der Waals surface area (Å²) in [6.45, 7) is 5.22. The Bertz CT molecular complexity index is 413. The predicted molar refractivity (Wildman–Crippen MR) is 84.3 cm³/mol. The maximum Gasteiger partial charge on any atom is 0.121 e. The van der Waals surface area contributed by atoms with Crippen molar-refractivity contribution >= 4 is 0 Å². The minimum Gasteiger partial charge on any atom is -0.496 e. The van der Waals surface area contributed by atoms with E-state index in [1.54, 1.807) is 7.11 Å². The Kier molecular flexibility index (Phi) is 5.86. The fourth-order valence-electron chi connectivity index (χ4n) is 3.07. The molecule has 1 aromatic rings. The maximum absolute atomic E-state index is 5.29. The van der Waals surface area contributed by atoms with Crippen LogP contribution in [-0.4, -0.2) is 38.2 Å². The van der Waals surface area contributed by atoms with Gasteiger partial charge in [-0.15, -0.1) is 0 Å². The van der Waals surface area contributed by atoms with E-state index in [0.29, 0.717) is 0 Å². The van der Waals surface area contributed by atoms with Crippen LogP contribution in [0.25, 0.3) is 0 Å². The standard InChI is InChI=1S/C17H28N2O/c1-14-12-15(8-9-17(14)20-3)13-18-10-11-19(2)16-6-4-5-7-16/h8-9,12,16,18H,4-7,10-11,13H2,1-3H3. The summed E-state index contributed by atoms with van der Waals surface area (Å²) in [5.41, 5.74) is 2.53. The summed E-state index contributed by atoms with van der Waals surface area (Å²) in [6.07, 6.45) is 5.59. The van der Waals surface area contributed by atoms with Gasteiger partial charge in [-0.1, -0.05) is 25.0 Å². The summed E-state index contributed by atoms with van der Waals surface area (Å²) in [7, 11) is 3.98. The van der Waals surface area contributed by atoms with Crippen molar-refractivity contribution in [3.05, 3.63) is 29.3 Å². The van der Waals surface area contributed by atoms with Crippen molar-refractivity contribution < 1.29 is 4.74 Å². The normalized spacial score (nSPS) is 16.0. The minimum atomic E-state index is 0.819. The molecule has 0 aliphatic heterocycles. The van der Waals surface area contributed by atoms with Gasteiger partial charge in [-0.2, -0.15) is 0 Å². The SMILES string of the molecule is COc1ccc(CNCCN(C)C2CCCC2)cc1C. The molecule has 0 amide bonds. The van der Waals surface area contributed by atoms with Crippen LogP contribution in [0.1, 0.15) is 36.8 Å². The van der Waals surface area contributed by atoms with Crippen molar-refractivity contribution in [1.29, 1.82) is 0 Å². The van der Waals surface area contributed by atoms with E-state index in [4.69, 9.17) is 4.74 Å². The van der Waals surface area contributed by atoms with Gasteiger partial charge in [0.05, 0.1) is 7.11 Å². The Morgan fingerprint density at radius 1 is 1.30 bits per heavy atom. The summed E-state index contributed by atoms with van der Waals surface area (Å²) in [5.74, 6) is 0.967. The number of aryl methyl sites for hydroxylation is 1. The molecule has 1 N–H and O–H groups in total. The number of methoxy groups -OCH3 is 1. The van der Waals surface area contributed by atoms with Gasteiger partial charge >= 0.3 is 0 Å². The zero-order chi connectivity index (χ0) is 14.4. The molecule has 1 aliphatic rings. The summed E-state index contributed by atoms with van der Waals surface area (Å²) < 4.78 is 5.29. The second-order valence-electron chi connectivity index (χ2n) is 5.90. The smallest absolute Gasteiger partial charge is 0.121 e. The zero-order valence-corrected chi connectivity index (χ0v) is 13.1. The second-order valence-corrected chi connectivity index (χ2v) is 5.90. The van der Waals surface area contributed by atoms with Crippen LogP contribution in [-0.2, 0) is 6.54 Å². The van der Waals surface area contributed by atoms with Gasteiger partial charge in [0.1, 0.15) is 5.75 Å². The number of rotatable bonds is 7. The number of nitrogens with one attached hydrogen (secondary N) is 1. The first kappa shape index (κ1) is 15.3. The molecule has 0 saturated heterocycles. The van der Waals surface area contributed by atoms with E-state index in [1.807, 2.05) is 0 Å². The van der Waals surface area contributed by atoms with E-state index in [1.165, 1.54) is 36.8 Å². The van der Waals surface area contributed by atoms with Crippen LogP contribution in [0.15, 0.2) is 18.2 Å². The number of likely N-dealkylation sites (N-methyl/N-ethyl adjacent to an activating group) is 1. The van der Waals surface area contributed by atoms with Crippen molar-refractivity contribution in [1.82, 2.24) is 10.2 Å². The lowest BCUT2D eigenvalue weighted by atomic mass is 10.1. The number of hydrogen-bond donors (Lipinski definition) is 1. The Labute approximate surface area is 123 Å². The van der Waals surface area contributed by atoms with Crippen LogP contribution in [0.5, 0.6) is 5.75 Å². The summed E-state index contributed by atoms with van der Waals surface area (Å²) in [6, 6.07) is 7.21. The highest BCUT2D eigenvalue weighted by Gasteiger charge is 2.18. The van der Waals surface area contributed by atoms with Crippen molar-refractivity contribution in [2.45, 2.75) is 45.2 Å². The lowest BCUT2D eigenvalue weighted by Gasteiger charge is -2.24. The van der Waals surface area contributed by atoms with Gasteiger partial charge in [-0.25, -0.2) is 0 Å². The summed E-state index contributed by atoms with van der Waals surface area (Å²) in [5, 5.41) is 3.54. The molecule has 112 valence electrons. The van der Waals surface area contributed by atoms with E-state index in [0.717, 1.165) is 31.4 Å². The van der Waals surface area contributed by atoms with Gasteiger partial charge in [0, 0.05) is 25.7 Å². The molecular weight excluding hydrogens is 248 g/mol. The fraction of sp³-hybridized carbons (Fsp3) is 0.647. The molecule has 2 rings (SSSR count). The van der Waals surface area contributed by atoms with Gasteiger partial charge in [0.15, 0.2) is 0 Å². The lowest BCUT2D eigenvalue weighted by Crippen LogP contribution is -2.35. The molecule has 0 bridgehead atoms. The monoisotopic (exact) mass is 276 g/mol. The molecule has 3 nitrogen and oxygen atoms in total. The largest absolute Gasteiger partial charge is 0.496 e. The number of hydrogen-bond acceptors (Lipinski definition) is 3. The molecule has 1 aliphatic carbocycles. The van der Waals surface area contributed by atoms with Gasteiger partial charge in [0.2, 0.25) is 0 Å². The average Bonchev–Trinajstić information content (AvgIpc) is 2.98. The molecular formula is C17H28N2O. The van der Waals surface area contributed by atoms with Crippen LogP contribution in [0.3, 0.4) is 0 Å². The number of nitrogens with zero attached hydrogens (tertiary/aromatic N) is 1. The third-order valence-electron chi connectivity index (χ3n) is 4.38. The fourth-order valence-corrected chi connectivity index (χ4v) is 3.07. The topological polar surface area (TPSA) is 24.5 Å². The molecule has 3 heteroatoms. The number of ether oxygens (including phenoxy) is 1. The third-order valence-corrected chi connectivity index (χ3v) is 4.38. The first-order valence-corrected chi connectivity index (χ1v) is 7.75. The lowest BCUT2D eigenvalue weighted by molar-refractivity contribution is 0.245. The Morgan fingerprint density at radius 3 is 2.70 bits per heavy atom. The molecule has 1 fully saturated rings. The maximum atomic E-state index is 5.29. The highest BCUT2D eigenvalue weighted by atomic mass is 16.5. The molecule has 0 radical (unpaired) electrons. The second kappa shape index (κ2) is 7.65. The molecule has 20 heavy (non-hydrogen) atoms. The van der Waals surface area contributed by atoms with E-state index in [2.05, 4.69) is 42.4 Å². The third kappa shape index (κ3) is 4.22. The summed E-state index contributed by atoms with van der Waals surface area (Å²) in [4.78, 5) is 2.51. The zero-order valence-electron chi connectivity index (χ0n) is 13.1. The van der Waals surface area contributed by atoms with E-state index < -0.39 is 0 Å². The first-order valence-electron chi connectivity index (χ1n) is 7.75. The van der Waals surface area contributed by atoms with Gasteiger partial charge in [-0.05, 0) is 44.0 Å². The van der Waals surface area contributed by atoms with E-state index in [-0.39, 0.29) is 0 Å². The molecule has 0 heterocycles. The van der Waals surface area contributed by atoms with Crippen LogP contribution < -0.4 is 10.1 Å². The van der Waals surface area contributed by atoms with Crippen LogP contribution in [0.2, 0.25) is 0 Å². The van der Waals surface area contributed by atoms with Crippen molar-refractivity contribution in [2.75, 3.05) is 27.2 Å². The van der Waals surface area contributed by atoms with E-state index >= 15 is 0 Å². The predicted octanol–water partition coefficient (Wildman–Crippen LogP) is 2.97. The van der Waals surface area contributed by atoms with Gasteiger partial charge < -0.3 is 15.0 Å². The van der Waals surface area contributed by atoms with Gasteiger partial charge in [-0.3, -0.25) is 0 Å². The Balaban J connectivity index is 1.69. The van der Waals surface area contributed by atoms with Crippen molar-refractivity contribution in [3.63, 3.8) is 0 Å². The van der Waals surface area contributed by atoms with E-state index in [9.17, 15) is 0 Å². The van der Waals surface area contributed by atoms with Crippen LogP contribution in [0, 0.1) is 6.92 Å². The average molecular weight is 276 g/mol. The van der Waals surface area contributed by atoms with Crippen LogP contribution >= 0.6 is 0 Å². The Hall–Kier alpha value is -1.06. The molecule has 1 saturated carbocycles.